The molecule has 2 N–H and O–H groups in total. The number of nitrogens with zero attached hydrogens (tertiary/aromatic N) is 4. The fraction of sp³-hybridized carbons (Fsp3) is 0.344. The second-order valence-corrected chi connectivity index (χ2v) is 12.7. The van der Waals surface area contributed by atoms with Crippen LogP contribution in [0.25, 0.3) is 5.69 Å². The van der Waals surface area contributed by atoms with Gasteiger partial charge in [-0.3, -0.25) is 24.3 Å². The number of aromatic nitrogens is 3. The van der Waals surface area contributed by atoms with Crippen molar-refractivity contribution >= 4 is 51.6 Å². The molecule has 0 saturated carbocycles. The highest BCUT2D eigenvalue weighted by Gasteiger charge is 2.27. The molecule has 0 unspecified atom stereocenters. The third kappa shape index (κ3) is 8.34. The molecule has 246 valence electrons. The molecular formula is C32H34N6O7S2. The molecular weight excluding hydrogens is 645 g/mol. The highest BCUT2D eigenvalue weighted by Crippen LogP contribution is 2.38. The predicted molar refractivity (Wildman–Crippen MR) is 177 cm³/mol. The molecule has 0 spiro atoms. The maximum atomic E-state index is 13.2. The Labute approximate surface area is 279 Å². The Morgan fingerprint density at radius 3 is 2.47 bits per heavy atom. The highest BCUT2D eigenvalue weighted by molar-refractivity contribution is 7.99. The fourth-order valence-electron chi connectivity index (χ4n) is 5.20. The van der Waals surface area contributed by atoms with Gasteiger partial charge in [0.1, 0.15) is 10.8 Å². The number of nitrogens with one attached hydrogen (secondary N) is 2. The summed E-state index contributed by atoms with van der Waals surface area (Å²) < 4.78 is 12.1. The van der Waals surface area contributed by atoms with E-state index in [2.05, 4.69) is 20.8 Å². The van der Waals surface area contributed by atoms with E-state index in [0.717, 1.165) is 59.9 Å². The second kappa shape index (κ2) is 15.7. The number of hydrogen-bond acceptors (Lipinski definition) is 11. The first-order valence-electron chi connectivity index (χ1n) is 15.1. The van der Waals surface area contributed by atoms with Crippen LogP contribution in [0.4, 0.5) is 10.7 Å². The number of fused-ring (bicyclic) bond motifs is 1. The number of nitro benzene ring substituents is 1. The van der Waals surface area contributed by atoms with Crippen molar-refractivity contribution < 1.29 is 28.8 Å². The van der Waals surface area contributed by atoms with Crippen molar-refractivity contribution in [3.63, 3.8) is 0 Å². The highest BCUT2D eigenvalue weighted by atomic mass is 32.2. The van der Waals surface area contributed by atoms with E-state index < -0.39 is 10.9 Å². The van der Waals surface area contributed by atoms with Crippen LogP contribution in [0.15, 0.2) is 53.7 Å². The molecule has 1 aliphatic rings. The Bertz CT molecular complexity index is 1750. The van der Waals surface area contributed by atoms with Gasteiger partial charge in [-0.25, -0.2) is 4.79 Å². The molecule has 0 saturated heterocycles. The van der Waals surface area contributed by atoms with Crippen molar-refractivity contribution in [3.05, 3.63) is 86.0 Å². The van der Waals surface area contributed by atoms with Gasteiger partial charge in [0.2, 0.25) is 11.8 Å². The molecule has 13 nitrogen and oxygen atoms in total. The van der Waals surface area contributed by atoms with Crippen LogP contribution >= 0.6 is 23.1 Å². The van der Waals surface area contributed by atoms with E-state index in [1.54, 1.807) is 55.0 Å². The summed E-state index contributed by atoms with van der Waals surface area (Å²) in [6.07, 6.45) is 4.85. The number of ether oxygens (including phenoxy) is 2. The van der Waals surface area contributed by atoms with E-state index >= 15 is 0 Å². The van der Waals surface area contributed by atoms with E-state index in [-0.39, 0.29) is 42.8 Å². The molecule has 0 atom stereocenters. The maximum absolute atomic E-state index is 13.2. The number of thiophene rings is 1. The predicted octanol–water partition coefficient (Wildman–Crippen LogP) is 5.28. The van der Waals surface area contributed by atoms with E-state index in [1.165, 1.54) is 23.5 Å². The number of non-ortho nitro benzene ring substituents is 1. The molecule has 0 fully saturated rings. The molecule has 2 amide bonds. The van der Waals surface area contributed by atoms with Gasteiger partial charge in [-0.2, -0.15) is 0 Å². The lowest BCUT2D eigenvalue weighted by atomic mass is 10.1. The molecule has 4 aromatic rings. The van der Waals surface area contributed by atoms with Crippen LogP contribution in [0.3, 0.4) is 0 Å². The summed E-state index contributed by atoms with van der Waals surface area (Å²) in [5, 5.41) is 26.4. The largest absolute Gasteiger partial charge is 0.497 e. The first-order valence-corrected chi connectivity index (χ1v) is 16.9. The summed E-state index contributed by atoms with van der Waals surface area (Å²) in [7, 11) is 1.57. The molecule has 47 heavy (non-hydrogen) atoms. The number of anilines is 1. The molecule has 0 aliphatic heterocycles. The minimum Gasteiger partial charge on any atom is -0.497 e. The SMILES string of the molecule is CCOC(=O)c1c(NC(=O)CSc2nnc(CNC(=O)Cc3ccc(OC)cc3)n2-c2ccc([N+](=O)[O-])cc2)sc2c1CCCCC2. The lowest BCUT2D eigenvalue weighted by Crippen LogP contribution is -2.26. The second-order valence-electron chi connectivity index (χ2n) is 10.6. The summed E-state index contributed by atoms with van der Waals surface area (Å²) in [5.41, 5.74) is 2.64. The lowest BCUT2D eigenvalue weighted by Gasteiger charge is -2.11. The van der Waals surface area contributed by atoms with Gasteiger partial charge in [0.05, 0.1) is 42.9 Å². The van der Waals surface area contributed by atoms with Crippen LogP contribution in [0, 0.1) is 10.1 Å². The summed E-state index contributed by atoms with van der Waals surface area (Å²) in [6.45, 7) is 2.00. The minimum absolute atomic E-state index is 0.0232. The molecule has 5 rings (SSSR count). The van der Waals surface area contributed by atoms with Gasteiger partial charge in [0.15, 0.2) is 11.0 Å². The average molecular weight is 679 g/mol. The van der Waals surface area contributed by atoms with Gasteiger partial charge in [-0.1, -0.05) is 30.3 Å². The number of methoxy groups -OCH3 is 1. The van der Waals surface area contributed by atoms with E-state index in [4.69, 9.17) is 9.47 Å². The third-order valence-electron chi connectivity index (χ3n) is 7.47. The maximum Gasteiger partial charge on any atom is 0.341 e. The topological polar surface area (TPSA) is 168 Å². The van der Waals surface area contributed by atoms with Gasteiger partial charge in [-0.15, -0.1) is 21.5 Å². The van der Waals surface area contributed by atoms with Crippen LogP contribution in [0.1, 0.15) is 58.4 Å². The number of carbonyl (C=O) groups excluding carboxylic acids is 3. The van der Waals surface area contributed by atoms with Crippen molar-refractivity contribution in [2.75, 3.05) is 24.8 Å². The van der Waals surface area contributed by atoms with Crippen LogP contribution in [0.5, 0.6) is 5.75 Å². The molecule has 0 radical (unpaired) electrons. The van der Waals surface area contributed by atoms with Crippen molar-refractivity contribution in [3.8, 4) is 11.4 Å². The Balaban J connectivity index is 1.32. The molecule has 2 aromatic heterocycles. The number of amides is 2. The monoisotopic (exact) mass is 678 g/mol. The first-order chi connectivity index (χ1) is 22.8. The van der Waals surface area contributed by atoms with Crippen molar-refractivity contribution in [1.82, 2.24) is 20.1 Å². The molecule has 1 aliphatic carbocycles. The number of esters is 1. The Morgan fingerprint density at radius 1 is 1.02 bits per heavy atom. The van der Waals surface area contributed by atoms with Gasteiger partial charge >= 0.3 is 5.97 Å². The quantitative estimate of drug-likeness (QED) is 0.0624. The fourth-order valence-corrected chi connectivity index (χ4v) is 7.27. The number of carbonyl (C=O) groups is 3. The van der Waals surface area contributed by atoms with Crippen molar-refractivity contribution in [2.24, 2.45) is 0 Å². The Kier molecular flexibility index (Phi) is 11.2. The number of rotatable bonds is 13. The van der Waals surface area contributed by atoms with Crippen molar-refractivity contribution in [1.29, 1.82) is 0 Å². The average Bonchev–Trinajstić information content (AvgIpc) is 3.55. The first kappa shape index (κ1) is 33.6. The molecule has 0 bridgehead atoms. The van der Waals surface area contributed by atoms with Crippen LogP contribution in [0.2, 0.25) is 0 Å². The van der Waals surface area contributed by atoms with E-state index in [0.29, 0.717) is 33.0 Å². The number of aryl methyl sites for hydroxylation is 1. The molecule has 15 heteroatoms. The molecule has 2 heterocycles. The number of thioether (sulfide) groups is 1. The van der Waals surface area contributed by atoms with Crippen molar-refractivity contribution in [2.45, 2.75) is 57.1 Å². The third-order valence-corrected chi connectivity index (χ3v) is 9.61. The van der Waals surface area contributed by atoms with Crippen LogP contribution in [-0.4, -0.2) is 56.9 Å². The van der Waals surface area contributed by atoms with E-state index in [9.17, 15) is 24.5 Å². The number of benzene rings is 2. The zero-order valence-corrected chi connectivity index (χ0v) is 27.6. The van der Waals surface area contributed by atoms with Crippen LogP contribution < -0.4 is 15.4 Å². The van der Waals surface area contributed by atoms with Crippen LogP contribution in [-0.2, 0) is 40.1 Å². The summed E-state index contributed by atoms with van der Waals surface area (Å²) in [4.78, 5) is 50.7. The zero-order valence-electron chi connectivity index (χ0n) is 25.9. The van der Waals surface area contributed by atoms with Gasteiger partial charge in [0.25, 0.3) is 5.69 Å². The van der Waals surface area contributed by atoms with Gasteiger partial charge in [-0.05, 0) is 68.0 Å². The Hall–Kier alpha value is -4.76. The van der Waals surface area contributed by atoms with Gasteiger partial charge < -0.3 is 20.1 Å². The summed E-state index contributed by atoms with van der Waals surface area (Å²) in [6, 6.07) is 13.0. The zero-order chi connectivity index (χ0) is 33.3. The smallest absolute Gasteiger partial charge is 0.341 e. The molecule has 2 aromatic carbocycles. The normalized spacial score (nSPS) is 12.5. The summed E-state index contributed by atoms with van der Waals surface area (Å²) in [5.74, 6) is -0.0191. The minimum atomic E-state index is -0.495. The number of nitro groups is 1. The standard InChI is InChI=1S/C32H34N6O7S2/c1-3-45-31(41)29-24-7-5-4-6-8-25(24)47-30(29)34-28(40)19-46-32-36-35-26(37(32)21-11-13-22(14-12-21)38(42)43)18-33-27(39)17-20-9-15-23(44-2)16-10-20/h9-16H,3-8,17-19H2,1-2H3,(H,33,39)(H,34,40). The van der Waals surface area contributed by atoms with E-state index in [1.807, 2.05) is 0 Å². The lowest BCUT2D eigenvalue weighted by molar-refractivity contribution is -0.384. The summed E-state index contributed by atoms with van der Waals surface area (Å²) >= 11 is 2.53. The number of hydrogen-bond donors (Lipinski definition) is 2. The Morgan fingerprint density at radius 2 is 1.77 bits per heavy atom. The van der Waals surface area contributed by atoms with Gasteiger partial charge in [0, 0.05) is 22.7 Å².